The van der Waals surface area contributed by atoms with Gasteiger partial charge in [-0.15, -0.1) is 5.10 Å². The zero-order valence-corrected chi connectivity index (χ0v) is 8.87. The molecule has 0 fully saturated rings. The zero-order chi connectivity index (χ0) is 11.7. The molecular formula is C11H9N5O. The van der Waals surface area contributed by atoms with Crippen LogP contribution < -0.4 is 5.69 Å². The van der Waals surface area contributed by atoms with E-state index in [2.05, 4.69) is 20.1 Å². The van der Waals surface area contributed by atoms with E-state index in [1.54, 1.807) is 0 Å². The first-order chi connectivity index (χ1) is 8.33. The summed E-state index contributed by atoms with van der Waals surface area (Å²) in [6.07, 6.45) is 1.47. The molecule has 0 saturated heterocycles. The second-order valence-electron chi connectivity index (χ2n) is 3.61. The van der Waals surface area contributed by atoms with Crippen LogP contribution in [0.3, 0.4) is 0 Å². The van der Waals surface area contributed by atoms with Crippen LogP contribution in [0.25, 0.3) is 11.3 Å². The van der Waals surface area contributed by atoms with Crippen LogP contribution in [-0.2, 0) is 6.54 Å². The molecule has 2 heterocycles. The minimum absolute atomic E-state index is 0.347. The molecule has 0 radical (unpaired) electrons. The number of nitrogens with one attached hydrogen (secondary N) is 1. The van der Waals surface area contributed by atoms with E-state index in [0.29, 0.717) is 17.8 Å². The largest absolute Gasteiger partial charge is 0.366 e. The molecule has 0 aliphatic rings. The third-order valence-electron chi connectivity index (χ3n) is 2.42. The van der Waals surface area contributed by atoms with Gasteiger partial charge in [0.05, 0.1) is 12.9 Å². The molecule has 0 spiro atoms. The van der Waals surface area contributed by atoms with Gasteiger partial charge >= 0.3 is 5.69 Å². The standard InChI is InChI=1S/C11H9N5O/c17-11-14-9-10(13-7-12-9)15-16(11)6-8-4-2-1-3-5-8/h1-5,7H,6H2,(H,12,13,14,15,17). The number of benzene rings is 1. The van der Waals surface area contributed by atoms with Crippen LogP contribution in [0.1, 0.15) is 5.56 Å². The Morgan fingerprint density at radius 2 is 2.06 bits per heavy atom. The summed E-state index contributed by atoms with van der Waals surface area (Å²) < 4.78 is 1.32. The molecule has 6 heteroatoms. The maximum Gasteiger partial charge on any atom is 0.366 e. The average molecular weight is 227 g/mol. The summed E-state index contributed by atoms with van der Waals surface area (Å²) in [5.74, 6) is 0. The third kappa shape index (κ3) is 1.80. The van der Waals surface area contributed by atoms with Crippen LogP contribution in [0.15, 0.2) is 41.5 Å². The van der Waals surface area contributed by atoms with E-state index in [9.17, 15) is 4.79 Å². The second-order valence-corrected chi connectivity index (χ2v) is 3.61. The molecule has 0 aliphatic carbocycles. The molecule has 0 unspecified atom stereocenters. The highest BCUT2D eigenvalue weighted by Crippen LogP contribution is 2.01. The second kappa shape index (κ2) is 3.82. The predicted molar refractivity (Wildman–Crippen MR) is 61.5 cm³/mol. The number of imidazole rings is 1. The fraction of sp³-hybridized carbons (Fsp3) is 0.0909. The quantitative estimate of drug-likeness (QED) is 0.694. The van der Waals surface area contributed by atoms with Crippen LogP contribution in [0, 0.1) is 0 Å². The molecule has 0 atom stereocenters. The Labute approximate surface area is 96.0 Å². The number of fused-ring (bicyclic) bond motifs is 1. The monoisotopic (exact) mass is 227 g/mol. The van der Waals surface area contributed by atoms with Crippen molar-refractivity contribution in [3.63, 3.8) is 0 Å². The Bertz CT molecular complexity index is 700. The number of hydrogen-bond donors (Lipinski definition) is 1. The normalized spacial score (nSPS) is 10.8. The molecule has 6 nitrogen and oxygen atoms in total. The molecule has 1 N–H and O–H groups in total. The minimum Gasteiger partial charge on any atom is -0.326 e. The lowest BCUT2D eigenvalue weighted by Gasteiger charge is -2.02. The lowest BCUT2D eigenvalue weighted by molar-refractivity contribution is 0.628. The molecule has 0 amide bonds. The summed E-state index contributed by atoms with van der Waals surface area (Å²) in [7, 11) is 0. The fourth-order valence-corrected chi connectivity index (χ4v) is 1.61. The van der Waals surface area contributed by atoms with Crippen molar-refractivity contribution in [2.45, 2.75) is 6.54 Å². The molecule has 0 bridgehead atoms. The van der Waals surface area contributed by atoms with Gasteiger partial charge in [-0.25, -0.2) is 14.5 Å². The number of rotatable bonds is 2. The highest BCUT2D eigenvalue weighted by Gasteiger charge is 2.05. The van der Waals surface area contributed by atoms with E-state index in [4.69, 9.17) is 0 Å². The molecular weight excluding hydrogens is 218 g/mol. The van der Waals surface area contributed by atoms with E-state index >= 15 is 0 Å². The van der Waals surface area contributed by atoms with Crippen molar-refractivity contribution in [3.8, 4) is 0 Å². The fourth-order valence-electron chi connectivity index (χ4n) is 1.61. The first-order valence-electron chi connectivity index (χ1n) is 5.15. The predicted octanol–water partition coefficient (Wildman–Crippen LogP) is 0.563. The number of H-pyrrole nitrogens is 1. The van der Waals surface area contributed by atoms with E-state index in [1.165, 1.54) is 11.0 Å². The first kappa shape index (κ1) is 9.71. The van der Waals surface area contributed by atoms with Gasteiger partial charge in [0, 0.05) is 0 Å². The smallest absolute Gasteiger partial charge is 0.326 e. The minimum atomic E-state index is -0.395. The maximum atomic E-state index is 11.7. The lowest BCUT2D eigenvalue weighted by Crippen LogP contribution is -2.26. The van der Waals surface area contributed by atoms with E-state index in [0.717, 1.165) is 5.56 Å². The van der Waals surface area contributed by atoms with Crippen molar-refractivity contribution in [3.05, 3.63) is 52.7 Å². The van der Waals surface area contributed by atoms with Crippen molar-refractivity contribution >= 4 is 11.3 Å². The first-order valence-corrected chi connectivity index (χ1v) is 5.15. The maximum absolute atomic E-state index is 11.7. The van der Waals surface area contributed by atoms with E-state index < -0.39 is 5.69 Å². The van der Waals surface area contributed by atoms with E-state index in [1.807, 2.05) is 30.3 Å². The van der Waals surface area contributed by atoms with Crippen LogP contribution in [-0.4, -0.2) is 24.7 Å². The van der Waals surface area contributed by atoms with Crippen LogP contribution in [0.5, 0.6) is 0 Å². The van der Waals surface area contributed by atoms with E-state index in [-0.39, 0.29) is 0 Å². The molecule has 17 heavy (non-hydrogen) atoms. The van der Waals surface area contributed by atoms with Gasteiger partial charge in [-0.3, -0.25) is 0 Å². The summed E-state index contributed by atoms with van der Waals surface area (Å²) in [6.45, 7) is 0.404. The Balaban J connectivity index is 2.05. The van der Waals surface area contributed by atoms with Gasteiger partial charge < -0.3 is 4.98 Å². The highest BCUT2D eigenvalue weighted by molar-refractivity contribution is 5.62. The Morgan fingerprint density at radius 3 is 2.88 bits per heavy atom. The molecule has 0 saturated carbocycles. The Hall–Kier alpha value is -2.50. The summed E-state index contributed by atoms with van der Waals surface area (Å²) >= 11 is 0. The lowest BCUT2D eigenvalue weighted by atomic mass is 10.2. The summed E-state index contributed by atoms with van der Waals surface area (Å²) in [5.41, 5.74) is 1.47. The third-order valence-corrected chi connectivity index (χ3v) is 2.42. The molecule has 84 valence electrons. The van der Waals surface area contributed by atoms with Crippen LogP contribution in [0.4, 0.5) is 0 Å². The Morgan fingerprint density at radius 1 is 1.24 bits per heavy atom. The van der Waals surface area contributed by atoms with Crippen molar-refractivity contribution < 1.29 is 0 Å². The molecule has 3 aromatic rings. The van der Waals surface area contributed by atoms with Gasteiger partial charge in [0.15, 0.2) is 5.65 Å². The summed E-state index contributed by atoms with van der Waals surface area (Å²) in [6, 6.07) is 9.64. The van der Waals surface area contributed by atoms with Gasteiger partial charge in [0.1, 0.15) is 0 Å². The van der Waals surface area contributed by atoms with Crippen LogP contribution >= 0.6 is 0 Å². The van der Waals surface area contributed by atoms with Crippen molar-refractivity contribution in [1.82, 2.24) is 24.7 Å². The molecule has 0 aliphatic heterocycles. The topological polar surface area (TPSA) is 76.5 Å². The van der Waals surface area contributed by atoms with Gasteiger partial charge in [-0.2, -0.15) is 4.98 Å². The van der Waals surface area contributed by atoms with Crippen LogP contribution in [0.2, 0.25) is 0 Å². The number of aromatic nitrogens is 5. The highest BCUT2D eigenvalue weighted by atomic mass is 16.1. The molecule has 3 rings (SSSR count). The van der Waals surface area contributed by atoms with Gasteiger partial charge in [0.25, 0.3) is 0 Å². The van der Waals surface area contributed by atoms with Crippen molar-refractivity contribution in [1.29, 1.82) is 0 Å². The summed E-state index contributed by atoms with van der Waals surface area (Å²) in [5, 5.41) is 4.15. The van der Waals surface area contributed by atoms with Gasteiger partial charge in [-0.05, 0) is 5.56 Å². The number of aromatic amines is 1. The zero-order valence-electron chi connectivity index (χ0n) is 8.87. The van der Waals surface area contributed by atoms with Gasteiger partial charge in [-0.1, -0.05) is 30.3 Å². The van der Waals surface area contributed by atoms with Crippen molar-refractivity contribution in [2.75, 3.05) is 0 Å². The molecule has 1 aromatic carbocycles. The molecule has 2 aromatic heterocycles. The van der Waals surface area contributed by atoms with Gasteiger partial charge in [0.2, 0.25) is 5.65 Å². The Kier molecular flexibility index (Phi) is 2.18. The number of nitrogens with zero attached hydrogens (tertiary/aromatic N) is 4. The average Bonchev–Trinajstić information content (AvgIpc) is 2.78. The summed E-state index contributed by atoms with van der Waals surface area (Å²) in [4.78, 5) is 22.2. The van der Waals surface area contributed by atoms with Crippen molar-refractivity contribution in [2.24, 2.45) is 0 Å². The number of hydrogen-bond acceptors (Lipinski definition) is 4. The SMILES string of the molecule is O=c1nc2nc[nH]c2nn1Cc1ccccc1.